The molecule has 24 heavy (non-hydrogen) atoms. The molecule has 5 nitrogen and oxygen atoms in total. The Hall–Kier alpha value is -3.00. The van der Waals surface area contributed by atoms with E-state index in [2.05, 4.69) is 11.8 Å². The molecule has 2 rings (SSSR count). The summed E-state index contributed by atoms with van der Waals surface area (Å²) in [6, 6.07) is 6.91. The first-order chi connectivity index (χ1) is 11.6. The van der Waals surface area contributed by atoms with Crippen LogP contribution in [0.2, 0.25) is 0 Å². The van der Waals surface area contributed by atoms with E-state index in [4.69, 9.17) is 9.47 Å². The predicted octanol–water partition coefficient (Wildman–Crippen LogP) is 2.80. The molecule has 0 aromatic heterocycles. The number of hydrogen-bond donors (Lipinski definition) is 0. The van der Waals surface area contributed by atoms with Gasteiger partial charge in [-0.15, -0.1) is 0 Å². The molecular formula is C19H19NO4. The van der Waals surface area contributed by atoms with Crippen LogP contribution in [-0.2, 0) is 14.3 Å². The zero-order valence-corrected chi connectivity index (χ0v) is 13.9. The Kier molecular flexibility index (Phi) is 5.80. The van der Waals surface area contributed by atoms with Gasteiger partial charge in [-0.2, -0.15) is 0 Å². The molecular weight excluding hydrogens is 306 g/mol. The highest BCUT2D eigenvalue weighted by atomic mass is 16.6. The summed E-state index contributed by atoms with van der Waals surface area (Å²) in [6.07, 6.45) is 4.16. The van der Waals surface area contributed by atoms with Crippen LogP contribution in [0.25, 0.3) is 0 Å². The Morgan fingerprint density at radius 2 is 1.96 bits per heavy atom. The first kappa shape index (κ1) is 17.4. The number of benzene rings is 1. The van der Waals surface area contributed by atoms with Crippen molar-refractivity contribution in [2.75, 3.05) is 13.7 Å². The molecule has 1 aromatic rings. The summed E-state index contributed by atoms with van der Waals surface area (Å²) < 4.78 is 9.82. The van der Waals surface area contributed by atoms with E-state index in [9.17, 15) is 9.59 Å². The first-order valence-corrected chi connectivity index (χ1v) is 7.56. The van der Waals surface area contributed by atoms with Gasteiger partial charge in [0.25, 0.3) is 0 Å². The number of allylic oxidation sites excluding steroid dienone is 2. The van der Waals surface area contributed by atoms with Crippen molar-refractivity contribution in [1.29, 1.82) is 0 Å². The fourth-order valence-corrected chi connectivity index (χ4v) is 2.16. The van der Waals surface area contributed by atoms with Gasteiger partial charge >= 0.3 is 12.1 Å². The molecule has 0 fully saturated rings. The van der Waals surface area contributed by atoms with E-state index in [0.29, 0.717) is 0 Å². The number of nitrogens with zero attached hydrogens (tertiary/aromatic N) is 1. The smallest absolute Gasteiger partial charge is 0.415 e. The van der Waals surface area contributed by atoms with E-state index in [1.165, 1.54) is 12.0 Å². The second kappa shape index (κ2) is 8.02. The SMILES string of the molecule is CCOC(=O)N1C=CC=C(C(=O)OC)C1C#Cc1ccc(C)cc1. The van der Waals surface area contributed by atoms with Crippen molar-refractivity contribution in [3.05, 3.63) is 59.3 Å². The van der Waals surface area contributed by atoms with Crippen LogP contribution in [-0.4, -0.2) is 36.7 Å². The van der Waals surface area contributed by atoms with Crippen molar-refractivity contribution in [3.8, 4) is 11.8 Å². The first-order valence-electron chi connectivity index (χ1n) is 7.56. The van der Waals surface area contributed by atoms with Crippen LogP contribution in [0, 0.1) is 18.8 Å². The highest BCUT2D eigenvalue weighted by molar-refractivity contribution is 5.92. The van der Waals surface area contributed by atoms with Crippen molar-refractivity contribution in [3.63, 3.8) is 0 Å². The summed E-state index contributed by atoms with van der Waals surface area (Å²) in [5, 5.41) is 0. The molecule has 1 heterocycles. The molecule has 0 saturated heterocycles. The summed E-state index contributed by atoms with van der Waals surface area (Å²) in [7, 11) is 1.29. The molecule has 0 bridgehead atoms. The second-order valence-corrected chi connectivity index (χ2v) is 5.10. The van der Waals surface area contributed by atoms with Gasteiger partial charge in [-0.3, -0.25) is 4.90 Å². The summed E-state index contributed by atoms with van der Waals surface area (Å²) in [5.41, 5.74) is 2.21. The zero-order valence-electron chi connectivity index (χ0n) is 13.9. The highest BCUT2D eigenvalue weighted by Gasteiger charge is 2.31. The Morgan fingerprint density at radius 3 is 2.58 bits per heavy atom. The van der Waals surface area contributed by atoms with Crippen LogP contribution >= 0.6 is 0 Å². The van der Waals surface area contributed by atoms with Crippen LogP contribution < -0.4 is 0 Å². The van der Waals surface area contributed by atoms with Crippen LogP contribution in [0.1, 0.15) is 18.1 Å². The summed E-state index contributed by atoms with van der Waals surface area (Å²) in [6.45, 7) is 3.94. The molecule has 1 unspecified atom stereocenters. The quantitative estimate of drug-likeness (QED) is 0.620. The Labute approximate surface area is 141 Å². The van der Waals surface area contributed by atoms with E-state index < -0.39 is 18.1 Å². The number of methoxy groups -OCH3 is 1. The lowest BCUT2D eigenvalue weighted by atomic mass is 10.0. The molecule has 1 aromatic carbocycles. The number of carbonyl (C=O) groups is 2. The van der Waals surface area contributed by atoms with E-state index in [0.717, 1.165) is 11.1 Å². The standard InChI is InChI=1S/C19H19NO4/c1-4-24-19(22)20-13-5-6-16(18(21)23-3)17(20)12-11-15-9-7-14(2)8-10-15/h5-10,13,17H,4H2,1-3H3. The largest absolute Gasteiger partial charge is 0.466 e. The van der Waals surface area contributed by atoms with E-state index >= 15 is 0 Å². The average Bonchev–Trinajstić information content (AvgIpc) is 2.60. The summed E-state index contributed by atoms with van der Waals surface area (Å²) in [5.74, 6) is 5.43. The van der Waals surface area contributed by atoms with E-state index in [1.54, 1.807) is 25.3 Å². The average molecular weight is 325 g/mol. The molecule has 0 N–H and O–H groups in total. The summed E-state index contributed by atoms with van der Waals surface area (Å²) in [4.78, 5) is 25.4. The lowest BCUT2D eigenvalue weighted by molar-refractivity contribution is -0.136. The van der Waals surface area contributed by atoms with Crippen molar-refractivity contribution in [1.82, 2.24) is 4.90 Å². The molecule has 1 atom stereocenters. The lowest BCUT2D eigenvalue weighted by Crippen LogP contribution is -2.40. The highest BCUT2D eigenvalue weighted by Crippen LogP contribution is 2.19. The van der Waals surface area contributed by atoms with Crippen molar-refractivity contribution >= 4 is 12.1 Å². The van der Waals surface area contributed by atoms with Gasteiger partial charge in [-0.25, -0.2) is 9.59 Å². The maximum absolute atomic E-state index is 12.1. The predicted molar refractivity (Wildman–Crippen MR) is 89.9 cm³/mol. The Balaban J connectivity index is 2.35. The number of amides is 1. The fourth-order valence-electron chi connectivity index (χ4n) is 2.16. The molecule has 124 valence electrons. The van der Waals surface area contributed by atoms with Crippen LogP contribution in [0.3, 0.4) is 0 Å². The normalized spacial score (nSPS) is 15.9. The molecule has 0 saturated carbocycles. The maximum atomic E-state index is 12.1. The maximum Gasteiger partial charge on any atom is 0.415 e. The third-order valence-electron chi connectivity index (χ3n) is 3.40. The minimum atomic E-state index is -0.761. The van der Waals surface area contributed by atoms with Gasteiger partial charge in [0, 0.05) is 11.8 Å². The third-order valence-corrected chi connectivity index (χ3v) is 3.40. The topological polar surface area (TPSA) is 55.8 Å². The lowest BCUT2D eigenvalue weighted by Gasteiger charge is -2.27. The van der Waals surface area contributed by atoms with Crippen LogP contribution in [0.15, 0.2) is 48.2 Å². The fraction of sp³-hybridized carbons (Fsp3) is 0.263. The Morgan fingerprint density at radius 1 is 1.25 bits per heavy atom. The second-order valence-electron chi connectivity index (χ2n) is 5.10. The Bertz CT molecular complexity index is 735. The number of hydrogen-bond acceptors (Lipinski definition) is 4. The number of carbonyl (C=O) groups excluding carboxylic acids is 2. The van der Waals surface area contributed by atoms with Crippen molar-refractivity contribution < 1.29 is 19.1 Å². The molecule has 1 amide bonds. The third kappa shape index (κ3) is 4.05. The molecule has 1 aliphatic heterocycles. The van der Waals surface area contributed by atoms with Crippen LogP contribution in [0.4, 0.5) is 4.79 Å². The zero-order chi connectivity index (χ0) is 17.5. The van der Waals surface area contributed by atoms with E-state index in [-0.39, 0.29) is 12.2 Å². The number of esters is 1. The molecule has 0 spiro atoms. The molecule has 0 aliphatic carbocycles. The minimum Gasteiger partial charge on any atom is -0.466 e. The minimum absolute atomic E-state index is 0.235. The number of ether oxygens (including phenoxy) is 2. The van der Waals surface area contributed by atoms with E-state index in [1.807, 2.05) is 31.2 Å². The van der Waals surface area contributed by atoms with Gasteiger partial charge < -0.3 is 9.47 Å². The molecule has 0 radical (unpaired) electrons. The monoisotopic (exact) mass is 325 g/mol. The van der Waals surface area contributed by atoms with Crippen LogP contribution in [0.5, 0.6) is 0 Å². The van der Waals surface area contributed by atoms with Gasteiger partial charge in [-0.05, 0) is 38.1 Å². The van der Waals surface area contributed by atoms with Gasteiger partial charge in [0.05, 0.1) is 19.3 Å². The number of aryl methyl sites for hydroxylation is 1. The molecule has 1 aliphatic rings. The van der Waals surface area contributed by atoms with Gasteiger partial charge in [0.15, 0.2) is 0 Å². The van der Waals surface area contributed by atoms with Crippen molar-refractivity contribution in [2.24, 2.45) is 0 Å². The van der Waals surface area contributed by atoms with Gasteiger partial charge in [-0.1, -0.05) is 29.5 Å². The van der Waals surface area contributed by atoms with Gasteiger partial charge in [0.1, 0.15) is 6.04 Å². The summed E-state index contributed by atoms with van der Waals surface area (Å²) >= 11 is 0. The van der Waals surface area contributed by atoms with Crippen molar-refractivity contribution in [2.45, 2.75) is 19.9 Å². The molecule has 5 heteroatoms. The number of rotatable bonds is 2. The van der Waals surface area contributed by atoms with Gasteiger partial charge in [0.2, 0.25) is 0 Å².